The van der Waals surface area contributed by atoms with Crippen molar-refractivity contribution < 1.29 is 5.11 Å². The van der Waals surface area contributed by atoms with Gasteiger partial charge in [-0.3, -0.25) is 0 Å². The van der Waals surface area contributed by atoms with Crippen LogP contribution >= 0.6 is 11.5 Å². The van der Waals surface area contributed by atoms with Crippen LogP contribution in [0.3, 0.4) is 0 Å². The van der Waals surface area contributed by atoms with E-state index in [4.69, 9.17) is 0 Å². The third-order valence-electron chi connectivity index (χ3n) is 2.74. The van der Waals surface area contributed by atoms with Crippen LogP contribution in [0.15, 0.2) is 12.4 Å². The number of hydrogen-bond acceptors (Lipinski definition) is 5. The van der Waals surface area contributed by atoms with Crippen molar-refractivity contribution in [2.75, 3.05) is 0 Å². The van der Waals surface area contributed by atoms with Crippen molar-refractivity contribution in [3.8, 4) is 0 Å². The summed E-state index contributed by atoms with van der Waals surface area (Å²) in [7, 11) is 0. The molecular weight excluding hydrogens is 236 g/mol. The Labute approximate surface area is 104 Å². The summed E-state index contributed by atoms with van der Waals surface area (Å²) >= 11 is 1.27. The van der Waals surface area contributed by atoms with Gasteiger partial charge in [-0.15, -0.1) is 5.10 Å². The Morgan fingerprint density at radius 1 is 1.47 bits per heavy atom. The number of nitrogens with zero attached hydrogens (tertiary/aromatic N) is 4. The molecule has 0 aromatic carbocycles. The van der Waals surface area contributed by atoms with E-state index in [1.54, 1.807) is 6.20 Å². The molecule has 0 amide bonds. The van der Waals surface area contributed by atoms with Gasteiger partial charge < -0.3 is 9.67 Å². The first kappa shape index (κ1) is 12.2. The molecule has 2 aromatic heterocycles. The van der Waals surface area contributed by atoms with Gasteiger partial charge in [0.15, 0.2) is 0 Å². The summed E-state index contributed by atoms with van der Waals surface area (Å²) in [6, 6.07) is 0. The van der Waals surface area contributed by atoms with Gasteiger partial charge in [-0.1, -0.05) is 11.4 Å². The first-order chi connectivity index (χ1) is 8.26. The molecule has 2 heterocycles. The Kier molecular flexibility index (Phi) is 3.86. The van der Waals surface area contributed by atoms with Crippen molar-refractivity contribution in [2.45, 2.75) is 39.3 Å². The normalized spacial score (nSPS) is 12.9. The fourth-order valence-electron chi connectivity index (χ4n) is 1.80. The second-order valence-electron chi connectivity index (χ2n) is 3.79. The van der Waals surface area contributed by atoms with Crippen molar-refractivity contribution >= 4 is 11.5 Å². The summed E-state index contributed by atoms with van der Waals surface area (Å²) in [5.41, 5.74) is 0.886. The van der Waals surface area contributed by atoms with Crippen LogP contribution in [-0.4, -0.2) is 24.2 Å². The first-order valence-corrected chi connectivity index (χ1v) is 6.52. The van der Waals surface area contributed by atoms with Gasteiger partial charge in [0.2, 0.25) is 0 Å². The minimum atomic E-state index is -0.558. The van der Waals surface area contributed by atoms with Crippen LogP contribution in [0.25, 0.3) is 0 Å². The molecule has 5 nitrogen and oxygen atoms in total. The molecule has 0 aliphatic rings. The van der Waals surface area contributed by atoms with Crippen molar-refractivity contribution in [1.82, 2.24) is 19.1 Å². The highest BCUT2D eigenvalue weighted by atomic mass is 32.1. The summed E-state index contributed by atoms with van der Waals surface area (Å²) in [5.74, 6) is 0.899. The largest absolute Gasteiger partial charge is 0.387 e. The average Bonchev–Trinajstić information content (AvgIpc) is 2.96. The number of aryl methyl sites for hydroxylation is 2. The van der Waals surface area contributed by atoms with E-state index in [2.05, 4.69) is 21.5 Å². The smallest absolute Gasteiger partial charge is 0.111 e. The summed E-state index contributed by atoms with van der Waals surface area (Å²) in [6.07, 6.45) is 4.44. The summed E-state index contributed by atoms with van der Waals surface area (Å²) in [6.45, 7) is 4.94. The molecule has 1 unspecified atom stereocenters. The Morgan fingerprint density at radius 2 is 2.29 bits per heavy atom. The molecule has 0 aliphatic carbocycles. The molecule has 1 atom stereocenters. The lowest BCUT2D eigenvalue weighted by Gasteiger charge is -2.10. The molecule has 6 heteroatoms. The highest BCUT2D eigenvalue weighted by Gasteiger charge is 2.18. The monoisotopic (exact) mass is 252 g/mol. The highest BCUT2D eigenvalue weighted by molar-refractivity contribution is 7.05. The molecule has 0 fully saturated rings. The van der Waals surface area contributed by atoms with Gasteiger partial charge in [0.25, 0.3) is 0 Å². The maximum atomic E-state index is 10.2. The van der Waals surface area contributed by atoms with E-state index < -0.39 is 6.10 Å². The van der Waals surface area contributed by atoms with E-state index in [1.165, 1.54) is 11.5 Å². The molecule has 2 rings (SSSR count). The lowest BCUT2D eigenvalue weighted by molar-refractivity contribution is 0.177. The molecular formula is C11H16N4OS. The molecule has 0 saturated heterocycles. The van der Waals surface area contributed by atoms with E-state index in [0.717, 1.165) is 29.4 Å². The molecule has 17 heavy (non-hydrogen) atoms. The molecule has 2 aromatic rings. The maximum Gasteiger partial charge on any atom is 0.111 e. The predicted molar refractivity (Wildman–Crippen MR) is 65.9 cm³/mol. The molecule has 0 radical (unpaired) electrons. The topological polar surface area (TPSA) is 63.8 Å². The van der Waals surface area contributed by atoms with E-state index in [9.17, 15) is 5.11 Å². The Bertz CT molecular complexity index is 479. The second kappa shape index (κ2) is 5.37. The standard InChI is InChI=1S/C11H16N4OS/c1-3-8-11(17-14-13-8)9(16)7-10-12-5-6-15(10)4-2/h5-6,9,16H,3-4,7H2,1-2H3. The minimum Gasteiger partial charge on any atom is -0.387 e. The predicted octanol–water partition coefficient (Wildman–Crippen LogP) is 1.59. The average molecular weight is 252 g/mol. The van der Waals surface area contributed by atoms with E-state index in [0.29, 0.717) is 6.42 Å². The summed E-state index contributed by atoms with van der Waals surface area (Å²) in [5, 5.41) is 14.2. The van der Waals surface area contributed by atoms with Gasteiger partial charge in [-0.25, -0.2) is 4.98 Å². The second-order valence-corrected chi connectivity index (χ2v) is 4.57. The third kappa shape index (κ3) is 2.53. The van der Waals surface area contributed by atoms with E-state index in [1.807, 2.05) is 17.7 Å². The van der Waals surface area contributed by atoms with Crippen molar-refractivity contribution in [3.05, 3.63) is 28.8 Å². The fraction of sp³-hybridized carbons (Fsp3) is 0.545. The van der Waals surface area contributed by atoms with Crippen LogP contribution in [0.2, 0.25) is 0 Å². The molecule has 0 saturated carbocycles. The lowest BCUT2D eigenvalue weighted by atomic mass is 10.1. The van der Waals surface area contributed by atoms with Gasteiger partial charge in [0, 0.05) is 25.4 Å². The summed E-state index contributed by atoms with van der Waals surface area (Å²) < 4.78 is 5.92. The summed E-state index contributed by atoms with van der Waals surface area (Å²) in [4.78, 5) is 5.12. The van der Waals surface area contributed by atoms with Crippen LogP contribution in [0.4, 0.5) is 0 Å². The van der Waals surface area contributed by atoms with Crippen LogP contribution in [0, 0.1) is 0 Å². The zero-order chi connectivity index (χ0) is 12.3. The molecule has 0 aliphatic heterocycles. The molecule has 1 N–H and O–H groups in total. The number of aliphatic hydroxyl groups is 1. The van der Waals surface area contributed by atoms with Gasteiger partial charge in [-0.05, 0) is 24.9 Å². The van der Waals surface area contributed by atoms with Crippen LogP contribution < -0.4 is 0 Å². The van der Waals surface area contributed by atoms with Gasteiger partial charge >= 0.3 is 0 Å². The van der Waals surface area contributed by atoms with Crippen molar-refractivity contribution in [2.24, 2.45) is 0 Å². The number of rotatable bonds is 5. The number of hydrogen-bond donors (Lipinski definition) is 1. The Morgan fingerprint density at radius 3 is 3.00 bits per heavy atom. The molecule has 0 spiro atoms. The SMILES string of the molecule is CCc1nnsc1C(O)Cc1nccn1CC. The molecule has 0 bridgehead atoms. The number of imidazole rings is 1. The highest BCUT2D eigenvalue weighted by Crippen LogP contribution is 2.23. The van der Waals surface area contributed by atoms with Gasteiger partial charge in [0.05, 0.1) is 16.7 Å². The number of aliphatic hydroxyl groups excluding tert-OH is 1. The molecule has 92 valence electrons. The minimum absolute atomic E-state index is 0.512. The first-order valence-electron chi connectivity index (χ1n) is 5.75. The fourth-order valence-corrected chi connectivity index (χ4v) is 2.52. The zero-order valence-corrected chi connectivity index (χ0v) is 10.8. The van der Waals surface area contributed by atoms with Crippen molar-refractivity contribution in [3.63, 3.8) is 0 Å². The van der Waals surface area contributed by atoms with E-state index in [-0.39, 0.29) is 0 Å². The number of aromatic nitrogens is 4. The van der Waals surface area contributed by atoms with E-state index >= 15 is 0 Å². The Balaban J connectivity index is 2.14. The van der Waals surface area contributed by atoms with Crippen molar-refractivity contribution in [1.29, 1.82) is 0 Å². The van der Waals surface area contributed by atoms with Crippen LogP contribution in [-0.2, 0) is 19.4 Å². The zero-order valence-electron chi connectivity index (χ0n) is 10.00. The van der Waals surface area contributed by atoms with Gasteiger partial charge in [-0.2, -0.15) is 0 Å². The maximum absolute atomic E-state index is 10.2. The van der Waals surface area contributed by atoms with Gasteiger partial charge in [0.1, 0.15) is 5.82 Å². The quantitative estimate of drug-likeness (QED) is 0.877. The van der Waals surface area contributed by atoms with Crippen LogP contribution in [0.5, 0.6) is 0 Å². The third-order valence-corrected chi connectivity index (χ3v) is 3.61. The Hall–Kier alpha value is -1.27. The lowest BCUT2D eigenvalue weighted by Crippen LogP contribution is -2.08. The van der Waals surface area contributed by atoms with Crippen LogP contribution in [0.1, 0.15) is 36.3 Å².